The van der Waals surface area contributed by atoms with Gasteiger partial charge in [0.05, 0.1) is 6.67 Å². The molecule has 1 aliphatic heterocycles. The quantitative estimate of drug-likeness (QED) is 0.619. The predicted molar refractivity (Wildman–Crippen MR) is 113 cm³/mol. The fourth-order valence-corrected chi connectivity index (χ4v) is 3.72. The molecule has 2 heterocycles. The van der Waals surface area contributed by atoms with E-state index in [1.54, 1.807) is 0 Å². The van der Waals surface area contributed by atoms with Crippen molar-refractivity contribution in [2.45, 2.75) is 6.67 Å². The molecular formula is C20H22ClN5S. The molecule has 4 rings (SSSR count). The first-order valence-corrected chi connectivity index (χ1v) is 9.82. The van der Waals surface area contributed by atoms with Crippen molar-refractivity contribution in [1.29, 1.82) is 0 Å². The van der Waals surface area contributed by atoms with E-state index in [1.807, 2.05) is 40.6 Å². The third-order valence-corrected chi connectivity index (χ3v) is 5.71. The van der Waals surface area contributed by atoms with Crippen LogP contribution in [0.3, 0.4) is 0 Å². The van der Waals surface area contributed by atoms with E-state index in [0.29, 0.717) is 6.67 Å². The van der Waals surface area contributed by atoms with Gasteiger partial charge in [0.15, 0.2) is 10.6 Å². The highest BCUT2D eigenvalue weighted by Crippen LogP contribution is 2.21. The molecule has 7 heteroatoms. The van der Waals surface area contributed by atoms with Crippen LogP contribution in [-0.4, -0.2) is 45.4 Å². The number of piperazine rings is 1. The molecule has 3 aromatic rings. The summed E-state index contributed by atoms with van der Waals surface area (Å²) < 4.78 is 4.60. The molecule has 0 unspecified atom stereocenters. The number of nitrogens with zero attached hydrogens (tertiary/aromatic N) is 5. The van der Waals surface area contributed by atoms with Crippen LogP contribution in [0.4, 0.5) is 5.69 Å². The number of benzene rings is 2. The maximum Gasteiger partial charge on any atom is 0.199 e. The molecule has 0 aliphatic carbocycles. The lowest BCUT2D eigenvalue weighted by Gasteiger charge is -2.35. The Morgan fingerprint density at radius 1 is 0.963 bits per heavy atom. The van der Waals surface area contributed by atoms with Gasteiger partial charge in [0, 0.05) is 49.5 Å². The third-order valence-electron chi connectivity index (χ3n) is 4.97. The second kappa shape index (κ2) is 7.84. The van der Waals surface area contributed by atoms with E-state index in [9.17, 15) is 0 Å². The largest absolute Gasteiger partial charge is 0.369 e. The molecular weight excluding hydrogens is 378 g/mol. The maximum absolute atomic E-state index is 6.00. The van der Waals surface area contributed by atoms with E-state index >= 15 is 0 Å². The molecule has 1 fully saturated rings. The Hall–Kier alpha value is -2.15. The minimum absolute atomic E-state index is 0.711. The average Bonchev–Trinajstić information content (AvgIpc) is 2.98. The Morgan fingerprint density at radius 2 is 1.63 bits per heavy atom. The normalized spacial score (nSPS) is 15.3. The lowest BCUT2D eigenvalue weighted by Crippen LogP contribution is -2.47. The fraction of sp³-hybridized carbons (Fsp3) is 0.300. The first-order chi connectivity index (χ1) is 13.1. The van der Waals surface area contributed by atoms with Crippen molar-refractivity contribution in [3.05, 3.63) is 64.4 Å². The minimum Gasteiger partial charge on any atom is -0.369 e. The molecule has 1 saturated heterocycles. The summed E-state index contributed by atoms with van der Waals surface area (Å²) in [5, 5.41) is 5.48. The third kappa shape index (κ3) is 3.93. The van der Waals surface area contributed by atoms with Crippen molar-refractivity contribution in [1.82, 2.24) is 19.2 Å². The molecule has 0 saturated carbocycles. The molecule has 1 aliphatic rings. The number of hydrogen-bond acceptors (Lipinski definition) is 4. The van der Waals surface area contributed by atoms with Crippen LogP contribution in [0.5, 0.6) is 0 Å². The second-order valence-corrected chi connectivity index (χ2v) is 7.56. The predicted octanol–water partition coefficient (Wildman–Crippen LogP) is 4.05. The van der Waals surface area contributed by atoms with E-state index in [0.717, 1.165) is 47.4 Å². The fourth-order valence-electron chi connectivity index (χ4n) is 3.41. The van der Waals surface area contributed by atoms with Crippen LogP contribution in [-0.2, 0) is 13.7 Å². The van der Waals surface area contributed by atoms with E-state index in [1.165, 1.54) is 5.69 Å². The van der Waals surface area contributed by atoms with Gasteiger partial charge < -0.3 is 9.47 Å². The topological polar surface area (TPSA) is 29.2 Å². The number of anilines is 1. The van der Waals surface area contributed by atoms with Crippen LogP contribution in [0.15, 0.2) is 54.6 Å². The Morgan fingerprint density at radius 3 is 2.30 bits per heavy atom. The van der Waals surface area contributed by atoms with Gasteiger partial charge in [0.25, 0.3) is 0 Å². The van der Waals surface area contributed by atoms with Crippen LogP contribution in [0.25, 0.3) is 11.4 Å². The first-order valence-electron chi connectivity index (χ1n) is 9.04. The molecule has 27 heavy (non-hydrogen) atoms. The average molecular weight is 400 g/mol. The highest BCUT2D eigenvalue weighted by Gasteiger charge is 2.19. The maximum atomic E-state index is 6.00. The van der Waals surface area contributed by atoms with Gasteiger partial charge in [-0.15, -0.1) is 0 Å². The summed E-state index contributed by atoms with van der Waals surface area (Å²) in [5.41, 5.74) is 2.30. The molecule has 5 nitrogen and oxygen atoms in total. The van der Waals surface area contributed by atoms with Gasteiger partial charge in [0.1, 0.15) is 0 Å². The molecule has 0 N–H and O–H groups in total. The Balaban J connectivity index is 1.45. The summed E-state index contributed by atoms with van der Waals surface area (Å²) in [5.74, 6) is 0.861. The smallest absolute Gasteiger partial charge is 0.199 e. The molecule has 140 valence electrons. The van der Waals surface area contributed by atoms with Crippen molar-refractivity contribution in [2.24, 2.45) is 7.05 Å². The summed E-state index contributed by atoms with van der Waals surface area (Å²) in [6.07, 6.45) is 0. The Bertz CT molecular complexity index is 956. The molecule has 0 bridgehead atoms. The molecule has 0 amide bonds. The standard InChI is InChI=1S/C20H22ClN5S/c1-23-19(16-7-9-17(21)10-8-16)22-26(20(23)27)15-24-11-13-25(14-12-24)18-5-3-2-4-6-18/h2-10H,11-15H2,1H3. The number of aromatic nitrogens is 3. The van der Waals surface area contributed by atoms with Crippen LogP contribution in [0.1, 0.15) is 0 Å². The summed E-state index contributed by atoms with van der Waals surface area (Å²) in [6.45, 7) is 4.71. The summed E-state index contributed by atoms with van der Waals surface area (Å²) >= 11 is 11.6. The lowest BCUT2D eigenvalue weighted by atomic mass is 10.2. The van der Waals surface area contributed by atoms with Gasteiger partial charge >= 0.3 is 0 Å². The van der Waals surface area contributed by atoms with Gasteiger partial charge in [-0.3, -0.25) is 4.90 Å². The summed E-state index contributed by atoms with van der Waals surface area (Å²) in [6, 6.07) is 18.3. The number of hydrogen-bond donors (Lipinski definition) is 0. The van der Waals surface area contributed by atoms with E-state index in [-0.39, 0.29) is 0 Å². The van der Waals surface area contributed by atoms with Crippen molar-refractivity contribution >= 4 is 29.5 Å². The first kappa shape index (κ1) is 18.2. The van der Waals surface area contributed by atoms with Gasteiger partial charge in [-0.1, -0.05) is 29.8 Å². The number of rotatable bonds is 4. The Kier molecular flexibility index (Phi) is 5.29. The minimum atomic E-state index is 0.711. The summed E-state index contributed by atoms with van der Waals surface area (Å²) in [7, 11) is 1.96. The van der Waals surface area contributed by atoms with Crippen LogP contribution < -0.4 is 4.90 Å². The van der Waals surface area contributed by atoms with Crippen LogP contribution in [0, 0.1) is 4.77 Å². The van der Waals surface area contributed by atoms with Gasteiger partial charge in [-0.05, 0) is 48.6 Å². The SMILES string of the molecule is Cn1c(-c2ccc(Cl)cc2)nn(CN2CCN(c3ccccc3)CC2)c1=S. The van der Waals surface area contributed by atoms with Crippen molar-refractivity contribution < 1.29 is 0 Å². The zero-order valence-corrected chi connectivity index (χ0v) is 16.8. The molecule has 1 aromatic heterocycles. The second-order valence-electron chi connectivity index (χ2n) is 6.75. The monoisotopic (exact) mass is 399 g/mol. The van der Waals surface area contributed by atoms with Crippen molar-refractivity contribution in [2.75, 3.05) is 31.1 Å². The highest BCUT2D eigenvalue weighted by atomic mass is 35.5. The van der Waals surface area contributed by atoms with E-state index in [4.69, 9.17) is 28.9 Å². The zero-order valence-electron chi connectivity index (χ0n) is 15.3. The van der Waals surface area contributed by atoms with Crippen LogP contribution in [0.2, 0.25) is 5.02 Å². The van der Waals surface area contributed by atoms with Crippen molar-refractivity contribution in [3.8, 4) is 11.4 Å². The molecule has 0 radical (unpaired) electrons. The molecule has 2 aromatic carbocycles. The Labute approximate surface area is 169 Å². The van der Waals surface area contributed by atoms with Gasteiger partial charge in [0.2, 0.25) is 0 Å². The lowest BCUT2D eigenvalue weighted by molar-refractivity contribution is 0.194. The number of para-hydroxylation sites is 1. The van der Waals surface area contributed by atoms with E-state index in [2.05, 4.69) is 40.1 Å². The van der Waals surface area contributed by atoms with E-state index < -0.39 is 0 Å². The molecule has 0 spiro atoms. The zero-order chi connectivity index (χ0) is 18.8. The van der Waals surface area contributed by atoms with Crippen molar-refractivity contribution in [3.63, 3.8) is 0 Å². The number of halogens is 1. The van der Waals surface area contributed by atoms with Gasteiger partial charge in [-0.25, -0.2) is 4.68 Å². The molecule has 0 atom stereocenters. The summed E-state index contributed by atoms with van der Waals surface area (Å²) in [4.78, 5) is 4.82. The highest BCUT2D eigenvalue weighted by molar-refractivity contribution is 7.71. The van der Waals surface area contributed by atoms with Crippen LogP contribution >= 0.6 is 23.8 Å². The van der Waals surface area contributed by atoms with Gasteiger partial charge in [-0.2, -0.15) is 5.10 Å².